The molecule has 1 aromatic heterocycles. The molecule has 1 heterocycles. The zero-order chi connectivity index (χ0) is 14.2. The lowest BCUT2D eigenvalue weighted by Crippen LogP contribution is -2.27. The summed E-state index contributed by atoms with van der Waals surface area (Å²) in [5, 5.41) is 0. The van der Waals surface area contributed by atoms with E-state index in [4.69, 9.17) is 0 Å². The lowest BCUT2D eigenvalue weighted by molar-refractivity contribution is 0.561. The predicted molar refractivity (Wildman–Crippen MR) is 75.8 cm³/mol. The van der Waals surface area contributed by atoms with E-state index in [1.807, 2.05) is 6.07 Å². The average molecular weight is 291 g/mol. The summed E-state index contributed by atoms with van der Waals surface area (Å²) in [6.07, 6.45) is 6.40. The number of aryl methyl sites for hydroxylation is 2. The molecule has 20 heavy (non-hydrogen) atoms. The van der Waals surface area contributed by atoms with Crippen molar-refractivity contribution in [1.82, 2.24) is 14.7 Å². The van der Waals surface area contributed by atoms with Gasteiger partial charge in [0.25, 0.3) is 0 Å². The lowest BCUT2D eigenvalue weighted by Gasteiger charge is -2.13. The Balaban J connectivity index is 1.85. The summed E-state index contributed by atoms with van der Waals surface area (Å²) in [7, 11) is -3.52. The fourth-order valence-corrected chi connectivity index (χ4v) is 3.84. The van der Waals surface area contributed by atoms with Crippen LogP contribution in [0.25, 0.3) is 0 Å². The van der Waals surface area contributed by atoms with Crippen molar-refractivity contribution in [3.8, 4) is 0 Å². The van der Waals surface area contributed by atoms with Crippen molar-refractivity contribution in [2.75, 3.05) is 0 Å². The van der Waals surface area contributed by atoms with Gasteiger partial charge in [-0.05, 0) is 49.4 Å². The largest absolute Gasteiger partial charge is 0.347 e. The summed E-state index contributed by atoms with van der Waals surface area (Å²) in [4.78, 5) is 7.31. The van der Waals surface area contributed by atoms with Gasteiger partial charge in [-0.15, -0.1) is 0 Å². The monoisotopic (exact) mass is 291 g/mol. The van der Waals surface area contributed by atoms with Crippen LogP contribution in [0.1, 0.15) is 36.3 Å². The van der Waals surface area contributed by atoms with E-state index in [9.17, 15) is 8.42 Å². The molecule has 2 N–H and O–H groups in total. The second-order valence-electron chi connectivity index (χ2n) is 5.10. The summed E-state index contributed by atoms with van der Waals surface area (Å²) in [5.74, 6) is 0.606. The minimum Gasteiger partial charge on any atom is -0.347 e. The third-order valence-electron chi connectivity index (χ3n) is 3.64. The van der Waals surface area contributed by atoms with E-state index >= 15 is 0 Å². The zero-order valence-corrected chi connectivity index (χ0v) is 12.1. The van der Waals surface area contributed by atoms with Crippen LogP contribution in [0, 0.1) is 0 Å². The number of H-pyrrole nitrogens is 1. The second kappa shape index (κ2) is 5.03. The highest BCUT2D eigenvalue weighted by Gasteiger charge is 2.21. The fourth-order valence-electron chi connectivity index (χ4n) is 2.59. The van der Waals surface area contributed by atoms with E-state index in [-0.39, 0.29) is 6.04 Å². The molecule has 0 bridgehead atoms. The van der Waals surface area contributed by atoms with Crippen LogP contribution in [0.2, 0.25) is 0 Å². The van der Waals surface area contributed by atoms with Gasteiger partial charge >= 0.3 is 0 Å². The van der Waals surface area contributed by atoms with Gasteiger partial charge < -0.3 is 4.98 Å². The van der Waals surface area contributed by atoms with Crippen molar-refractivity contribution < 1.29 is 8.42 Å². The highest BCUT2D eigenvalue weighted by atomic mass is 32.2. The van der Waals surface area contributed by atoms with Crippen LogP contribution in [0.4, 0.5) is 0 Å². The molecule has 2 aromatic rings. The van der Waals surface area contributed by atoms with E-state index in [1.165, 1.54) is 5.56 Å². The standard InChI is InChI=1S/C14H17N3O2S/c1-10(14-15-7-8-16-14)17-20(18,19)13-6-5-11-3-2-4-12(11)9-13/h5-10,17H,2-4H2,1H3,(H,15,16). The maximum Gasteiger partial charge on any atom is 0.241 e. The Morgan fingerprint density at radius 1 is 1.30 bits per heavy atom. The van der Waals surface area contributed by atoms with E-state index in [1.54, 1.807) is 31.5 Å². The first-order chi connectivity index (χ1) is 9.56. The number of nitrogens with zero attached hydrogens (tertiary/aromatic N) is 1. The molecule has 1 aliphatic rings. The third kappa shape index (κ3) is 2.48. The van der Waals surface area contributed by atoms with Gasteiger partial charge in [-0.3, -0.25) is 0 Å². The lowest BCUT2D eigenvalue weighted by atomic mass is 10.1. The normalized spacial score (nSPS) is 16.1. The van der Waals surface area contributed by atoms with Gasteiger partial charge in [0.05, 0.1) is 10.9 Å². The maximum absolute atomic E-state index is 12.4. The molecule has 106 valence electrons. The van der Waals surface area contributed by atoms with Crippen LogP contribution in [0.15, 0.2) is 35.5 Å². The highest BCUT2D eigenvalue weighted by molar-refractivity contribution is 7.89. The first-order valence-electron chi connectivity index (χ1n) is 6.70. The molecule has 1 atom stereocenters. The molecule has 1 aliphatic carbocycles. The Bertz CT molecular complexity index is 708. The van der Waals surface area contributed by atoms with E-state index in [0.717, 1.165) is 24.8 Å². The van der Waals surface area contributed by atoms with Crippen LogP contribution in [-0.2, 0) is 22.9 Å². The van der Waals surface area contributed by atoms with Crippen molar-refractivity contribution in [1.29, 1.82) is 0 Å². The first kappa shape index (κ1) is 13.3. The van der Waals surface area contributed by atoms with Gasteiger partial charge in [0.1, 0.15) is 5.82 Å². The zero-order valence-electron chi connectivity index (χ0n) is 11.3. The van der Waals surface area contributed by atoms with Gasteiger partial charge in [0, 0.05) is 12.4 Å². The Labute approximate surface area is 118 Å². The van der Waals surface area contributed by atoms with Crippen LogP contribution < -0.4 is 4.72 Å². The number of aromatic nitrogens is 2. The van der Waals surface area contributed by atoms with Gasteiger partial charge in [-0.2, -0.15) is 0 Å². The van der Waals surface area contributed by atoms with Crippen LogP contribution in [-0.4, -0.2) is 18.4 Å². The minimum absolute atomic E-state index is 0.330. The summed E-state index contributed by atoms with van der Waals surface area (Å²) < 4.78 is 27.4. The van der Waals surface area contributed by atoms with Crippen LogP contribution >= 0.6 is 0 Å². The van der Waals surface area contributed by atoms with Gasteiger partial charge in [-0.25, -0.2) is 18.1 Å². The number of aromatic amines is 1. The van der Waals surface area contributed by atoms with E-state index in [2.05, 4.69) is 14.7 Å². The minimum atomic E-state index is -3.52. The molecule has 0 amide bonds. The quantitative estimate of drug-likeness (QED) is 0.904. The molecular formula is C14H17N3O2S. The molecule has 0 aliphatic heterocycles. The van der Waals surface area contributed by atoms with E-state index in [0.29, 0.717) is 10.7 Å². The molecule has 1 unspecified atom stereocenters. The van der Waals surface area contributed by atoms with Crippen molar-refractivity contribution in [2.45, 2.75) is 37.1 Å². The maximum atomic E-state index is 12.4. The van der Waals surface area contributed by atoms with E-state index < -0.39 is 10.0 Å². The SMILES string of the molecule is CC(NS(=O)(=O)c1ccc2c(c1)CCC2)c1ncc[nH]1. The molecule has 5 nitrogen and oxygen atoms in total. The van der Waals surface area contributed by atoms with Crippen molar-refractivity contribution >= 4 is 10.0 Å². The van der Waals surface area contributed by atoms with Crippen molar-refractivity contribution in [3.63, 3.8) is 0 Å². The Hall–Kier alpha value is -1.66. The predicted octanol–water partition coefficient (Wildman–Crippen LogP) is 1.94. The number of fused-ring (bicyclic) bond motifs is 1. The molecule has 0 fully saturated rings. The third-order valence-corrected chi connectivity index (χ3v) is 5.18. The van der Waals surface area contributed by atoms with Crippen LogP contribution in [0.3, 0.4) is 0 Å². The molecule has 0 spiro atoms. The topological polar surface area (TPSA) is 74.8 Å². The average Bonchev–Trinajstić information content (AvgIpc) is 3.08. The molecule has 6 heteroatoms. The number of hydrogen-bond acceptors (Lipinski definition) is 3. The van der Waals surface area contributed by atoms with Crippen molar-refractivity contribution in [3.05, 3.63) is 47.5 Å². The van der Waals surface area contributed by atoms with Crippen molar-refractivity contribution in [2.24, 2.45) is 0 Å². The second-order valence-corrected chi connectivity index (χ2v) is 6.82. The number of sulfonamides is 1. The molecule has 0 saturated carbocycles. The molecule has 0 radical (unpaired) electrons. The first-order valence-corrected chi connectivity index (χ1v) is 8.18. The molecule has 0 saturated heterocycles. The highest BCUT2D eigenvalue weighted by Crippen LogP contribution is 2.25. The Morgan fingerprint density at radius 3 is 2.85 bits per heavy atom. The summed E-state index contributed by atoms with van der Waals surface area (Å²) in [6.45, 7) is 1.77. The van der Waals surface area contributed by atoms with Gasteiger partial charge in [0.2, 0.25) is 10.0 Å². The van der Waals surface area contributed by atoms with Crippen LogP contribution in [0.5, 0.6) is 0 Å². The Morgan fingerprint density at radius 2 is 2.10 bits per heavy atom. The summed E-state index contributed by atoms with van der Waals surface area (Å²) in [5.41, 5.74) is 2.42. The molecule has 1 aromatic carbocycles. The number of rotatable bonds is 4. The van der Waals surface area contributed by atoms with Gasteiger partial charge in [-0.1, -0.05) is 6.07 Å². The summed E-state index contributed by atoms with van der Waals surface area (Å²) in [6, 6.07) is 5.01. The molecular weight excluding hydrogens is 274 g/mol. The van der Waals surface area contributed by atoms with Gasteiger partial charge in [0.15, 0.2) is 0 Å². The number of hydrogen-bond donors (Lipinski definition) is 2. The summed E-state index contributed by atoms with van der Waals surface area (Å²) >= 11 is 0. The number of nitrogens with one attached hydrogen (secondary N) is 2. The smallest absolute Gasteiger partial charge is 0.241 e. The fraction of sp³-hybridized carbons (Fsp3) is 0.357. The number of benzene rings is 1. The molecule has 3 rings (SSSR count). The number of imidazole rings is 1. The Kier molecular flexibility index (Phi) is 3.35.